The van der Waals surface area contributed by atoms with Crippen LogP contribution in [-0.4, -0.2) is 8.42 Å². The molecule has 1 aromatic carbocycles. The number of halogens is 1. The smallest absolute Gasteiger partial charge is 0.208 e. The molecule has 0 aliphatic heterocycles. The topological polar surface area (TPSA) is 34.1 Å². The first-order chi connectivity index (χ1) is 6.88. The molecule has 0 N–H and O–H groups in total. The standard InChI is InChI=1S/C11H13ClO2S/c1-9(2)11-5-3-4-10(8-11)6-7-15(12,13)14/h3-9H,1-2H3/b7-6+. The molecule has 0 unspecified atom stereocenters. The average Bonchev–Trinajstić information content (AvgIpc) is 2.14. The monoisotopic (exact) mass is 244 g/mol. The van der Waals surface area contributed by atoms with Gasteiger partial charge in [0.2, 0.25) is 0 Å². The van der Waals surface area contributed by atoms with Crippen LogP contribution in [0.2, 0.25) is 0 Å². The summed E-state index contributed by atoms with van der Waals surface area (Å²) >= 11 is 0. The second kappa shape index (κ2) is 4.81. The SMILES string of the molecule is CC(C)c1cccc(/C=C/S(=O)(=O)Cl)c1. The summed E-state index contributed by atoms with van der Waals surface area (Å²) in [5, 5.41) is 0.994. The fourth-order valence-electron chi connectivity index (χ4n) is 1.18. The molecule has 15 heavy (non-hydrogen) atoms. The second-order valence-electron chi connectivity index (χ2n) is 3.60. The van der Waals surface area contributed by atoms with Crippen LogP contribution >= 0.6 is 10.7 Å². The van der Waals surface area contributed by atoms with Gasteiger partial charge in [0.25, 0.3) is 9.05 Å². The Hall–Kier alpha value is -0.800. The molecule has 0 saturated carbocycles. The summed E-state index contributed by atoms with van der Waals surface area (Å²) in [4.78, 5) is 0. The van der Waals surface area contributed by atoms with E-state index in [1.807, 2.05) is 24.3 Å². The Labute approximate surface area is 95.0 Å². The van der Waals surface area contributed by atoms with Crippen molar-refractivity contribution in [2.45, 2.75) is 19.8 Å². The third kappa shape index (κ3) is 4.49. The van der Waals surface area contributed by atoms with Crippen molar-refractivity contribution in [2.24, 2.45) is 0 Å². The molecule has 82 valence electrons. The van der Waals surface area contributed by atoms with Gasteiger partial charge >= 0.3 is 0 Å². The van der Waals surface area contributed by atoms with Crippen molar-refractivity contribution in [1.29, 1.82) is 0 Å². The highest BCUT2D eigenvalue weighted by Crippen LogP contribution is 2.16. The largest absolute Gasteiger partial charge is 0.254 e. The Balaban J connectivity index is 2.97. The van der Waals surface area contributed by atoms with Gasteiger partial charge in [0.1, 0.15) is 0 Å². The third-order valence-corrected chi connectivity index (χ3v) is 2.77. The van der Waals surface area contributed by atoms with Crippen molar-refractivity contribution in [2.75, 3.05) is 0 Å². The summed E-state index contributed by atoms with van der Waals surface area (Å²) in [6.45, 7) is 4.17. The van der Waals surface area contributed by atoms with E-state index in [9.17, 15) is 8.42 Å². The van der Waals surface area contributed by atoms with E-state index in [0.717, 1.165) is 11.0 Å². The summed E-state index contributed by atoms with van der Waals surface area (Å²) in [6.07, 6.45) is 1.49. The minimum atomic E-state index is -3.56. The van der Waals surface area contributed by atoms with E-state index in [2.05, 4.69) is 13.8 Å². The zero-order valence-electron chi connectivity index (χ0n) is 8.64. The summed E-state index contributed by atoms with van der Waals surface area (Å²) in [5.41, 5.74) is 2.01. The van der Waals surface area contributed by atoms with Crippen molar-refractivity contribution in [3.05, 3.63) is 40.8 Å². The first-order valence-corrected chi connectivity index (χ1v) is 6.98. The normalized spacial score (nSPS) is 12.5. The Morgan fingerprint density at radius 3 is 2.53 bits per heavy atom. The van der Waals surface area contributed by atoms with E-state index in [1.54, 1.807) is 0 Å². The highest BCUT2D eigenvalue weighted by Gasteiger charge is 2.00. The molecular weight excluding hydrogens is 232 g/mol. The maximum atomic E-state index is 10.7. The van der Waals surface area contributed by atoms with Gasteiger partial charge in [-0.3, -0.25) is 0 Å². The summed E-state index contributed by atoms with van der Waals surface area (Å²) < 4.78 is 21.4. The Kier molecular flexibility index (Phi) is 3.94. The highest BCUT2D eigenvalue weighted by atomic mass is 35.7. The lowest BCUT2D eigenvalue weighted by atomic mass is 10.0. The van der Waals surface area contributed by atoms with E-state index < -0.39 is 9.05 Å². The van der Waals surface area contributed by atoms with Crippen LogP contribution in [0.15, 0.2) is 29.7 Å². The predicted molar refractivity (Wildman–Crippen MR) is 64.3 cm³/mol. The molecule has 0 saturated heterocycles. The first kappa shape index (κ1) is 12.3. The van der Waals surface area contributed by atoms with Crippen LogP contribution in [0.5, 0.6) is 0 Å². The van der Waals surface area contributed by atoms with Crippen molar-refractivity contribution in [3.8, 4) is 0 Å². The number of rotatable bonds is 3. The molecule has 0 fully saturated rings. The molecule has 0 aliphatic rings. The molecule has 0 bridgehead atoms. The van der Waals surface area contributed by atoms with Gasteiger partial charge in [-0.15, -0.1) is 0 Å². The Morgan fingerprint density at radius 2 is 2.00 bits per heavy atom. The van der Waals surface area contributed by atoms with Crippen LogP contribution in [0.25, 0.3) is 6.08 Å². The molecule has 0 radical (unpaired) electrons. The minimum absolute atomic E-state index is 0.422. The summed E-state index contributed by atoms with van der Waals surface area (Å²) in [5.74, 6) is 0.422. The predicted octanol–water partition coefficient (Wildman–Crippen LogP) is 3.35. The quantitative estimate of drug-likeness (QED) is 0.765. The van der Waals surface area contributed by atoms with Gasteiger partial charge in [0, 0.05) is 16.1 Å². The van der Waals surface area contributed by atoms with Crippen LogP contribution in [-0.2, 0) is 9.05 Å². The molecule has 4 heteroatoms. The molecule has 1 aromatic rings. The van der Waals surface area contributed by atoms with Gasteiger partial charge in [-0.05, 0) is 23.1 Å². The zero-order valence-corrected chi connectivity index (χ0v) is 10.2. The maximum Gasteiger partial charge on any atom is 0.254 e. The fraction of sp³-hybridized carbons (Fsp3) is 0.273. The molecular formula is C11H13ClO2S. The number of benzene rings is 1. The molecule has 0 aromatic heterocycles. The molecule has 2 nitrogen and oxygen atoms in total. The van der Waals surface area contributed by atoms with Crippen LogP contribution in [0, 0.1) is 0 Å². The average molecular weight is 245 g/mol. The summed E-state index contributed by atoms with van der Waals surface area (Å²) in [7, 11) is 1.51. The van der Waals surface area contributed by atoms with E-state index in [-0.39, 0.29) is 0 Å². The zero-order chi connectivity index (χ0) is 11.5. The third-order valence-electron chi connectivity index (χ3n) is 2.00. The first-order valence-electron chi connectivity index (χ1n) is 4.61. The Morgan fingerprint density at radius 1 is 1.33 bits per heavy atom. The molecule has 0 amide bonds. The van der Waals surface area contributed by atoms with Gasteiger partial charge < -0.3 is 0 Å². The second-order valence-corrected chi connectivity index (χ2v) is 6.12. The van der Waals surface area contributed by atoms with Gasteiger partial charge in [0.15, 0.2) is 0 Å². The van der Waals surface area contributed by atoms with Gasteiger partial charge in [-0.2, -0.15) is 0 Å². The lowest BCUT2D eigenvalue weighted by Crippen LogP contribution is -1.87. The molecule has 1 rings (SSSR count). The van der Waals surface area contributed by atoms with Crippen LogP contribution in [0.1, 0.15) is 30.9 Å². The molecule has 0 heterocycles. The van der Waals surface area contributed by atoms with Gasteiger partial charge in [0.05, 0.1) is 0 Å². The van der Waals surface area contributed by atoms with Gasteiger partial charge in [-0.25, -0.2) is 8.42 Å². The molecule has 0 aliphatic carbocycles. The number of hydrogen-bond acceptors (Lipinski definition) is 2. The lowest BCUT2D eigenvalue weighted by molar-refractivity contribution is 0.617. The van der Waals surface area contributed by atoms with Gasteiger partial charge in [-0.1, -0.05) is 38.1 Å². The van der Waals surface area contributed by atoms with E-state index in [4.69, 9.17) is 10.7 Å². The van der Waals surface area contributed by atoms with E-state index in [1.165, 1.54) is 11.6 Å². The minimum Gasteiger partial charge on any atom is -0.208 e. The summed E-state index contributed by atoms with van der Waals surface area (Å²) in [6, 6.07) is 7.70. The molecule has 0 spiro atoms. The van der Waals surface area contributed by atoms with Crippen molar-refractivity contribution >= 4 is 25.8 Å². The highest BCUT2D eigenvalue weighted by molar-refractivity contribution is 8.16. The molecule has 0 atom stereocenters. The fourth-order valence-corrected chi connectivity index (χ4v) is 1.66. The van der Waals surface area contributed by atoms with E-state index >= 15 is 0 Å². The van der Waals surface area contributed by atoms with Crippen LogP contribution in [0.4, 0.5) is 0 Å². The van der Waals surface area contributed by atoms with Crippen molar-refractivity contribution < 1.29 is 8.42 Å². The van der Waals surface area contributed by atoms with Crippen molar-refractivity contribution in [1.82, 2.24) is 0 Å². The Bertz CT molecular complexity index is 461. The van der Waals surface area contributed by atoms with E-state index in [0.29, 0.717) is 5.92 Å². The van der Waals surface area contributed by atoms with Crippen LogP contribution < -0.4 is 0 Å². The van der Waals surface area contributed by atoms with Crippen LogP contribution in [0.3, 0.4) is 0 Å². The lowest BCUT2D eigenvalue weighted by Gasteiger charge is -2.05. The maximum absolute atomic E-state index is 10.7. The number of hydrogen-bond donors (Lipinski definition) is 0. The van der Waals surface area contributed by atoms with Crippen molar-refractivity contribution in [3.63, 3.8) is 0 Å².